The highest BCUT2D eigenvalue weighted by molar-refractivity contribution is 5.98. The minimum absolute atomic E-state index is 0. The monoisotopic (exact) mass is 360 g/mol. The summed E-state index contributed by atoms with van der Waals surface area (Å²) in [5.41, 5.74) is 2.18. The normalized spacial score (nSPS) is 12.8. The highest BCUT2D eigenvalue weighted by atomic mass is 35.5. The molecule has 1 heterocycles. The zero-order valence-electron chi connectivity index (χ0n) is 14.2. The van der Waals surface area contributed by atoms with Crippen molar-refractivity contribution in [1.82, 2.24) is 0 Å². The van der Waals surface area contributed by atoms with Gasteiger partial charge in [-0.25, -0.2) is 4.79 Å². The summed E-state index contributed by atoms with van der Waals surface area (Å²) in [5, 5.41) is 3.32. The molecule has 25 heavy (non-hydrogen) atoms. The summed E-state index contributed by atoms with van der Waals surface area (Å²) in [6.45, 7) is 2.78. The molecule has 0 saturated carbocycles. The molecule has 5 nitrogen and oxygen atoms in total. The SMILES string of the molecule is COc1ccccc1C(=O)Oc1cccc(NC2=NCCC2)c1C.Cl. The molecule has 0 spiro atoms. The first-order valence-electron chi connectivity index (χ1n) is 7.94. The summed E-state index contributed by atoms with van der Waals surface area (Å²) in [6.07, 6.45) is 2.02. The zero-order valence-corrected chi connectivity index (χ0v) is 15.1. The van der Waals surface area contributed by atoms with Gasteiger partial charge in [0, 0.05) is 24.2 Å². The van der Waals surface area contributed by atoms with Gasteiger partial charge in [-0.05, 0) is 37.6 Å². The van der Waals surface area contributed by atoms with Gasteiger partial charge >= 0.3 is 5.97 Å². The van der Waals surface area contributed by atoms with Crippen LogP contribution < -0.4 is 14.8 Å². The maximum absolute atomic E-state index is 12.5. The number of nitrogens with one attached hydrogen (secondary N) is 1. The van der Waals surface area contributed by atoms with Crippen LogP contribution >= 0.6 is 12.4 Å². The molecule has 1 aliphatic rings. The standard InChI is InChI=1S/C19H20N2O3.ClH/c1-13-15(21-18-11-6-12-20-18)8-5-10-16(13)24-19(22)14-7-3-4-9-17(14)23-2;/h3-5,7-10H,6,11-12H2,1-2H3,(H,20,21);1H. The van der Waals surface area contributed by atoms with E-state index in [9.17, 15) is 4.79 Å². The molecule has 1 aliphatic heterocycles. The van der Waals surface area contributed by atoms with Crippen LogP contribution in [-0.4, -0.2) is 25.5 Å². The summed E-state index contributed by atoms with van der Waals surface area (Å²) in [5.74, 6) is 1.56. The molecule has 0 aromatic heterocycles. The van der Waals surface area contributed by atoms with Crippen LogP contribution in [0.2, 0.25) is 0 Å². The Morgan fingerprint density at radius 3 is 2.60 bits per heavy atom. The maximum Gasteiger partial charge on any atom is 0.347 e. The number of amidine groups is 1. The Hall–Kier alpha value is -2.53. The molecule has 0 aliphatic carbocycles. The van der Waals surface area contributed by atoms with Crippen molar-refractivity contribution in [1.29, 1.82) is 0 Å². The molecule has 1 N–H and O–H groups in total. The van der Waals surface area contributed by atoms with E-state index in [1.54, 1.807) is 24.3 Å². The van der Waals surface area contributed by atoms with Crippen molar-refractivity contribution in [2.24, 2.45) is 4.99 Å². The van der Waals surface area contributed by atoms with Crippen LogP contribution in [0.3, 0.4) is 0 Å². The number of halogens is 1. The maximum atomic E-state index is 12.5. The van der Waals surface area contributed by atoms with Gasteiger partial charge in [0.15, 0.2) is 0 Å². The Kier molecular flexibility index (Phi) is 6.42. The van der Waals surface area contributed by atoms with E-state index in [4.69, 9.17) is 9.47 Å². The van der Waals surface area contributed by atoms with E-state index >= 15 is 0 Å². The second kappa shape index (κ2) is 8.53. The topological polar surface area (TPSA) is 59.9 Å². The van der Waals surface area contributed by atoms with Gasteiger partial charge < -0.3 is 14.8 Å². The number of anilines is 1. The van der Waals surface area contributed by atoms with Gasteiger partial charge in [-0.3, -0.25) is 4.99 Å². The third kappa shape index (κ3) is 4.31. The number of hydrogen-bond acceptors (Lipinski definition) is 5. The lowest BCUT2D eigenvalue weighted by Gasteiger charge is -2.14. The molecule has 6 heteroatoms. The number of methoxy groups -OCH3 is 1. The lowest BCUT2D eigenvalue weighted by Crippen LogP contribution is -2.13. The Balaban J connectivity index is 0.00000225. The van der Waals surface area contributed by atoms with E-state index in [0.717, 1.165) is 36.5 Å². The molecule has 0 unspecified atom stereocenters. The molecule has 3 rings (SSSR count). The Morgan fingerprint density at radius 1 is 1.12 bits per heavy atom. The second-order valence-electron chi connectivity index (χ2n) is 5.58. The predicted molar refractivity (Wildman–Crippen MR) is 102 cm³/mol. The van der Waals surface area contributed by atoms with E-state index < -0.39 is 5.97 Å². The van der Waals surface area contributed by atoms with Crippen molar-refractivity contribution in [3.05, 3.63) is 53.6 Å². The van der Waals surface area contributed by atoms with Crippen molar-refractivity contribution in [2.75, 3.05) is 19.0 Å². The lowest BCUT2D eigenvalue weighted by molar-refractivity contribution is 0.0730. The van der Waals surface area contributed by atoms with Gasteiger partial charge in [0.25, 0.3) is 0 Å². The van der Waals surface area contributed by atoms with Gasteiger partial charge in [0.1, 0.15) is 22.9 Å². The van der Waals surface area contributed by atoms with Crippen LogP contribution in [0.25, 0.3) is 0 Å². The third-order valence-corrected chi connectivity index (χ3v) is 3.97. The molecule has 0 radical (unpaired) electrons. The van der Waals surface area contributed by atoms with E-state index in [-0.39, 0.29) is 12.4 Å². The lowest BCUT2D eigenvalue weighted by atomic mass is 10.1. The van der Waals surface area contributed by atoms with E-state index in [1.165, 1.54) is 7.11 Å². The van der Waals surface area contributed by atoms with E-state index in [2.05, 4.69) is 10.3 Å². The number of esters is 1. The zero-order chi connectivity index (χ0) is 16.9. The molecule has 2 aromatic rings. The summed E-state index contributed by atoms with van der Waals surface area (Å²) >= 11 is 0. The highest BCUT2D eigenvalue weighted by Crippen LogP contribution is 2.28. The molecule has 132 valence electrons. The van der Waals surface area contributed by atoms with Crippen LogP contribution in [0.4, 0.5) is 5.69 Å². The van der Waals surface area contributed by atoms with Crippen molar-refractivity contribution in [3.8, 4) is 11.5 Å². The van der Waals surface area contributed by atoms with Crippen molar-refractivity contribution < 1.29 is 14.3 Å². The molecular weight excluding hydrogens is 340 g/mol. The Morgan fingerprint density at radius 2 is 1.88 bits per heavy atom. The number of benzene rings is 2. The van der Waals surface area contributed by atoms with Crippen LogP contribution in [-0.2, 0) is 0 Å². The van der Waals surface area contributed by atoms with E-state index in [0.29, 0.717) is 17.1 Å². The Bertz CT molecular complexity index is 790. The largest absolute Gasteiger partial charge is 0.496 e. The van der Waals surface area contributed by atoms with Crippen LogP contribution in [0.1, 0.15) is 28.8 Å². The molecule has 0 saturated heterocycles. The fraction of sp³-hybridized carbons (Fsp3) is 0.263. The number of para-hydroxylation sites is 1. The number of nitrogens with zero attached hydrogens (tertiary/aromatic N) is 1. The average molecular weight is 361 g/mol. The number of carbonyl (C=O) groups excluding carboxylic acids is 1. The summed E-state index contributed by atoms with van der Waals surface area (Å²) in [6, 6.07) is 12.6. The van der Waals surface area contributed by atoms with Crippen molar-refractivity contribution in [2.45, 2.75) is 19.8 Å². The van der Waals surface area contributed by atoms with Gasteiger partial charge in [0.2, 0.25) is 0 Å². The molecule has 0 atom stereocenters. The van der Waals surface area contributed by atoms with Gasteiger partial charge in [-0.2, -0.15) is 0 Å². The average Bonchev–Trinajstić information content (AvgIpc) is 3.11. The molecule has 0 fully saturated rings. The number of hydrogen-bond donors (Lipinski definition) is 1. The summed E-state index contributed by atoms with van der Waals surface area (Å²) in [7, 11) is 1.53. The smallest absolute Gasteiger partial charge is 0.347 e. The molecule has 0 amide bonds. The third-order valence-electron chi connectivity index (χ3n) is 3.97. The first-order valence-corrected chi connectivity index (χ1v) is 7.94. The minimum atomic E-state index is -0.439. The number of carbonyl (C=O) groups is 1. The first-order chi connectivity index (χ1) is 11.7. The number of rotatable bonds is 4. The van der Waals surface area contributed by atoms with Crippen LogP contribution in [0.5, 0.6) is 11.5 Å². The molecular formula is C19H21ClN2O3. The van der Waals surface area contributed by atoms with Gasteiger partial charge in [-0.15, -0.1) is 12.4 Å². The fourth-order valence-electron chi connectivity index (χ4n) is 2.63. The first kappa shape index (κ1) is 18.8. The molecule has 0 bridgehead atoms. The van der Waals surface area contributed by atoms with Crippen molar-refractivity contribution in [3.63, 3.8) is 0 Å². The predicted octanol–water partition coefficient (Wildman–Crippen LogP) is 4.25. The molecule has 2 aromatic carbocycles. The Labute approximate surface area is 153 Å². The van der Waals surface area contributed by atoms with E-state index in [1.807, 2.05) is 25.1 Å². The summed E-state index contributed by atoms with van der Waals surface area (Å²) in [4.78, 5) is 16.9. The second-order valence-corrected chi connectivity index (χ2v) is 5.58. The summed E-state index contributed by atoms with van der Waals surface area (Å²) < 4.78 is 10.8. The number of aliphatic imine (C=N–C) groups is 1. The highest BCUT2D eigenvalue weighted by Gasteiger charge is 2.16. The quantitative estimate of drug-likeness (QED) is 0.654. The van der Waals surface area contributed by atoms with Gasteiger partial charge in [-0.1, -0.05) is 18.2 Å². The van der Waals surface area contributed by atoms with Crippen LogP contribution in [0.15, 0.2) is 47.5 Å². The minimum Gasteiger partial charge on any atom is -0.496 e. The fourth-order valence-corrected chi connectivity index (χ4v) is 2.63. The van der Waals surface area contributed by atoms with Gasteiger partial charge in [0.05, 0.1) is 7.11 Å². The van der Waals surface area contributed by atoms with Crippen molar-refractivity contribution >= 4 is 29.9 Å². The van der Waals surface area contributed by atoms with Crippen LogP contribution in [0, 0.1) is 6.92 Å². The number of ether oxygens (including phenoxy) is 2.